The molecule has 2 rings (SSSR count). The zero-order chi connectivity index (χ0) is 13.5. The van der Waals surface area contributed by atoms with Crippen LogP contribution in [-0.4, -0.2) is 12.1 Å². The van der Waals surface area contributed by atoms with Crippen molar-refractivity contribution in [1.29, 1.82) is 0 Å². The number of hydrogen-bond donors (Lipinski definition) is 1. The molecule has 0 saturated heterocycles. The first kappa shape index (κ1) is 13.1. The molecule has 98 valence electrons. The lowest BCUT2D eigenvalue weighted by Crippen LogP contribution is -2.20. The van der Waals surface area contributed by atoms with Crippen molar-refractivity contribution in [3.8, 4) is 0 Å². The van der Waals surface area contributed by atoms with Gasteiger partial charge in [-0.1, -0.05) is 36.4 Å². The second kappa shape index (κ2) is 6.59. The van der Waals surface area contributed by atoms with E-state index in [1.165, 1.54) is 0 Å². The Morgan fingerprint density at radius 2 is 1.53 bits per heavy atom. The van der Waals surface area contributed by atoms with Crippen LogP contribution in [0.4, 0.5) is 11.4 Å². The highest BCUT2D eigenvalue weighted by atomic mass is 16.5. The van der Waals surface area contributed by atoms with Gasteiger partial charge in [-0.15, -0.1) is 0 Å². The Hall–Kier alpha value is -2.29. The molecule has 0 fully saturated rings. The summed E-state index contributed by atoms with van der Waals surface area (Å²) in [5, 5.41) is 3.19. The Morgan fingerprint density at radius 1 is 0.947 bits per heavy atom. The molecule has 0 atom stereocenters. The summed E-state index contributed by atoms with van der Waals surface area (Å²) < 4.78 is 5.70. The monoisotopic (exact) mass is 254 g/mol. The zero-order valence-corrected chi connectivity index (χ0v) is 11.2. The largest absolute Gasteiger partial charge is 0.462 e. The maximum absolute atomic E-state index is 5.70. The third-order valence-electron chi connectivity index (χ3n) is 2.36. The third kappa shape index (κ3) is 4.47. The first-order valence-corrected chi connectivity index (χ1v) is 6.36. The van der Waals surface area contributed by atoms with Gasteiger partial charge in [-0.25, -0.2) is 0 Å². The van der Waals surface area contributed by atoms with E-state index in [1.54, 1.807) is 0 Å². The van der Waals surface area contributed by atoms with Crippen LogP contribution in [0.1, 0.15) is 13.8 Å². The van der Waals surface area contributed by atoms with Crippen molar-refractivity contribution >= 4 is 17.4 Å². The number of amidine groups is 1. The van der Waals surface area contributed by atoms with Gasteiger partial charge in [0.05, 0.1) is 11.8 Å². The van der Waals surface area contributed by atoms with Crippen LogP contribution in [0.3, 0.4) is 0 Å². The van der Waals surface area contributed by atoms with Crippen LogP contribution in [0.15, 0.2) is 65.7 Å². The minimum atomic E-state index is 0.0682. The maximum atomic E-state index is 5.70. The van der Waals surface area contributed by atoms with Crippen LogP contribution in [0.25, 0.3) is 0 Å². The van der Waals surface area contributed by atoms with Crippen molar-refractivity contribution in [2.24, 2.45) is 4.99 Å². The Bertz CT molecular complexity index is 521. The second-order valence-electron chi connectivity index (χ2n) is 4.41. The smallest absolute Gasteiger partial charge is 0.294 e. The number of aliphatic imine (C=N–C) groups is 1. The SMILES string of the molecule is CC(C)OC(=Nc1ccccc1)Nc1ccccc1. The molecule has 0 unspecified atom stereocenters. The van der Waals surface area contributed by atoms with Crippen molar-refractivity contribution in [2.45, 2.75) is 20.0 Å². The molecule has 0 spiro atoms. The summed E-state index contributed by atoms with van der Waals surface area (Å²) in [7, 11) is 0. The fraction of sp³-hybridized carbons (Fsp3) is 0.188. The van der Waals surface area contributed by atoms with E-state index in [0.717, 1.165) is 11.4 Å². The number of rotatable bonds is 3. The van der Waals surface area contributed by atoms with Gasteiger partial charge in [0.25, 0.3) is 6.02 Å². The zero-order valence-electron chi connectivity index (χ0n) is 11.2. The highest BCUT2D eigenvalue weighted by Gasteiger charge is 2.04. The van der Waals surface area contributed by atoms with Gasteiger partial charge in [0, 0.05) is 5.69 Å². The lowest BCUT2D eigenvalue weighted by atomic mass is 10.3. The van der Waals surface area contributed by atoms with E-state index in [0.29, 0.717) is 6.02 Å². The number of nitrogens with one attached hydrogen (secondary N) is 1. The predicted molar refractivity (Wildman–Crippen MR) is 79.8 cm³/mol. The summed E-state index contributed by atoms with van der Waals surface area (Å²) in [5.74, 6) is 0. The van der Waals surface area contributed by atoms with Gasteiger partial charge in [0.15, 0.2) is 0 Å². The van der Waals surface area contributed by atoms with E-state index in [9.17, 15) is 0 Å². The normalized spacial score (nSPS) is 11.4. The lowest BCUT2D eigenvalue weighted by molar-refractivity contribution is 0.228. The fourth-order valence-electron chi connectivity index (χ4n) is 1.57. The van der Waals surface area contributed by atoms with E-state index in [-0.39, 0.29) is 6.10 Å². The molecule has 2 aromatic carbocycles. The van der Waals surface area contributed by atoms with Crippen molar-refractivity contribution in [1.82, 2.24) is 0 Å². The average molecular weight is 254 g/mol. The summed E-state index contributed by atoms with van der Waals surface area (Å²) in [4.78, 5) is 4.48. The van der Waals surface area contributed by atoms with Gasteiger partial charge in [-0.2, -0.15) is 4.99 Å². The first-order chi connectivity index (χ1) is 9.24. The minimum Gasteiger partial charge on any atom is -0.462 e. The quantitative estimate of drug-likeness (QED) is 0.657. The molecule has 0 radical (unpaired) electrons. The summed E-state index contributed by atoms with van der Waals surface area (Å²) in [6.07, 6.45) is 0.0682. The molecule has 1 N–H and O–H groups in total. The highest BCUT2D eigenvalue weighted by molar-refractivity contribution is 5.90. The topological polar surface area (TPSA) is 33.6 Å². The average Bonchev–Trinajstić information content (AvgIpc) is 2.40. The number of benzene rings is 2. The van der Waals surface area contributed by atoms with Crippen LogP contribution in [-0.2, 0) is 4.74 Å². The molecule has 3 heteroatoms. The molecule has 0 amide bonds. The third-order valence-corrected chi connectivity index (χ3v) is 2.36. The molecule has 0 aliphatic heterocycles. The van der Waals surface area contributed by atoms with Crippen molar-refractivity contribution in [3.05, 3.63) is 60.7 Å². The minimum absolute atomic E-state index is 0.0682. The van der Waals surface area contributed by atoms with Gasteiger partial charge >= 0.3 is 0 Å². The van der Waals surface area contributed by atoms with E-state index < -0.39 is 0 Å². The molecule has 0 bridgehead atoms. The Labute approximate surface area is 114 Å². The van der Waals surface area contributed by atoms with E-state index in [2.05, 4.69) is 10.3 Å². The van der Waals surface area contributed by atoms with Crippen LogP contribution in [0, 0.1) is 0 Å². The Morgan fingerprint density at radius 3 is 2.11 bits per heavy atom. The van der Waals surface area contributed by atoms with E-state index in [4.69, 9.17) is 4.74 Å². The Kier molecular flexibility index (Phi) is 4.56. The lowest BCUT2D eigenvalue weighted by Gasteiger charge is -2.14. The number of nitrogens with zero attached hydrogens (tertiary/aromatic N) is 1. The number of para-hydroxylation sites is 2. The van der Waals surface area contributed by atoms with Gasteiger partial charge < -0.3 is 10.1 Å². The van der Waals surface area contributed by atoms with Crippen LogP contribution in [0.2, 0.25) is 0 Å². The van der Waals surface area contributed by atoms with Gasteiger partial charge in [0.2, 0.25) is 0 Å². The summed E-state index contributed by atoms with van der Waals surface area (Å²) in [6, 6.07) is 20.1. The number of anilines is 1. The summed E-state index contributed by atoms with van der Waals surface area (Å²) >= 11 is 0. The van der Waals surface area contributed by atoms with Gasteiger partial charge in [-0.05, 0) is 38.1 Å². The molecular formula is C16H18N2O. The fourth-order valence-corrected chi connectivity index (χ4v) is 1.57. The molecule has 19 heavy (non-hydrogen) atoms. The van der Waals surface area contributed by atoms with Crippen molar-refractivity contribution in [2.75, 3.05) is 5.32 Å². The van der Waals surface area contributed by atoms with Gasteiger partial charge in [-0.3, -0.25) is 0 Å². The van der Waals surface area contributed by atoms with Gasteiger partial charge in [0.1, 0.15) is 0 Å². The highest BCUT2D eigenvalue weighted by Crippen LogP contribution is 2.13. The molecule has 2 aromatic rings. The Balaban J connectivity index is 2.19. The second-order valence-corrected chi connectivity index (χ2v) is 4.41. The molecule has 0 aliphatic carbocycles. The summed E-state index contributed by atoms with van der Waals surface area (Å²) in [5.41, 5.74) is 1.82. The van der Waals surface area contributed by atoms with E-state index >= 15 is 0 Å². The molecule has 0 aliphatic rings. The van der Waals surface area contributed by atoms with Crippen LogP contribution >= 0.6 is 0 Å². The standard InChI is InChI=1S/C16H18N2O/c1-13(2)19-16(17-14-9-5-3-6-10-14)18-15-11-7-4-8-12-15/h3-13H,1-2H3,(H,17,18). The first-order valence-electron chi connectivity index (χ1n) is 6.36. The summed E-state index contributed by atoms with van der Waals surface area (Å²) in [6.45, 7) is 3.96. The van der Waals surface area contributed by atoms with E-state index in [1.807, 2.05) is 74.5 Å². The molecule has 0 aromatic heterocycles. The molecule has 0 heterocycles. The van der Waals surface area contributed by atoms with Crippen LogP contribution < -0.4 is 5.32 Å². The number of ether oxygens (including phenoxy) is 1. The predicted octanol–water partition coefficient (Wildman–Crippen LogP) is 4.21. The van der Waals surface area contributed by atoms with Crippen molar-refractivity contribution < 1.29 is 4.74 Å². The molecular weight excluding hydrogens is 236 g/mol. The van der Waals surface area contributed by atoms with Crippen molar-refractivity contribution in [3.63, 3.8) is 0 Å². The molecule has 3 nitrogen and oxygen atoms in total. The van der Waals surface area contributed by atoms with Crippen LogP contribution in [0.5, 0.6) is 0 Å². The molecule has 0 saturated carbocycles. The number of hydrogen-bond acceptors (Lipinski definition) is 2. The maximum Gasteiger partial charge on any atom is 0.294 e.